The highest BCUT2D eigenvalue weighted by molar-refractivity contribution is 6.21. The molecular formula is C39H29N3. The Balaban J connectivity index is 1.35. The van der Waals surface area contributed by atoms with Crippen molar-refractivity contribution in [2.75, 3.05) is 0 Å². The number of hydrogen-bond acceptors (Lipinski definition) is 2. The molecule has 1 aliphatic carbocycles. The zero-order chi connectivity index (χ0) is 28.0. The van der Waals surface area contributed by atoms with Gasteiger partial charge in [0.05, 0.1) is 16.7 Å². The molecule has 42 heavy (non-hydrogen) atoms. The van der Waals surface area contributed by atoms with Crippen LogP contribution in [-0.2, 0) is 0 Å². The second-order valence-corrected chi connectivity index (χ2v) is 11.2. The molecule has 0 spiro atoms. The third-order valence-electron chi connectivity index (χ3n) is 8.41. The predicted octanol–water partition coefficient (Wildman–Crippen LogP) is 10.0. The highest BCUT2D eigenvalue weighted by atomic mass is 15.2. The number of fused-ring (bicyclic) bond motifs is 5. The van der Waals surface area contributed by atoms with E-state index in [0.29, 0.717) is 11.9 Å². The van der Waals surface area contributed by atoms with Crippen molar-refractivity contribution >= 4 is 38.2 Å². The van der Waals surface area contributed by atoms with E-state index in [1.165, 1.54) is 43.8 Å². The zero-order valence-electron chi connectivity index (χ0n) is 23.4. The van der Waals surface area contributed by atoms with Crippen LogP contribution >= 0.6 is 0 Å². The van der Waals surface area contributed by atoms with Crippen molar-refractivity contribution in [1.82, 2.24) is 14.5 Å². The summed E-state index contributed by atoms with van der Waals surface area (Å²) in [5, 5.41) is 4.92. The van der Waals surface area contributed by atoms with Gasteiger partial charge in [0.15, 0.2) is 0 Å². The van der Waals surface area contributed by atoms with Gasteiger partial charge in [0, 0.05) is 22.5 Å². The molecule has 0 fully saturated rings. The minimum absolute atomic E-state index is 0.530. The molecule has 2 heterocycles. The third-order valence-corrected chi connectivity index (χ3v) is 8.41. The maximum Gasteiger partial charge on any atom is 0.235 e. The average molecular weight is 540 g/mol. The van der Waals surface area contributed by atoms with Crippen molar-refractivity contribution in [1.29, 1.82) is 0 Å². The standard InChI is InChI=1S/C39H29N3/c1-26-9-7-13-29(23-26)31-17-19-34-37(25-31)42(36-20-18-28-12-5-6-16-33(28)38(34)36)39-40-22-21-35(41-39)32-15-8-14-30(24-32)27-10-3-2-4-11-27/h2-22,24-26H,23H2,1H3. The minimum Gasteiger partial charge on any atom is -0.278 e. The van der Waals surface area contributed by atoms with Crippen LogP contribution in [0.25, 0.3) is 66.5 Å². The van der Waals surface area contributed by atoms with Crippen LogP contribution in [0.3, 0.4) is 0 Å². The van der Waals surface area contributed by atoms with E-state index < -0.39 is 0 Å². The molecule has 0 bridgehead atoms. The van der Waals surface area contributed by atoms with Crippen molar-refractivity contribution in [3.05, 3.63) is 145 Å². The van der Waals surface area contributed by atoms with Crippen molar-refractivity contribution in [2.45, 2.75) is 13.3 Å². The molecule has 5 aromatic carbocycles. The number of allylic oxidation sites excluding steroid dienone is 4. The molecular weight excluding hydrogens is 510 g/mol. The molecule has 2 aromatic heterocycles. The van der Waals surface area contributed by atoms with Gasteiger partial charge in [-0.05, 0) is 69.6 Å². The fourth-order valence-electron chi connectivity index (χ4n) is 6.37. The van der Waals surface area contributed by atoms with Gasteiger partial charge in [-0.25, -0.2) is 9.97 Å². The maximum atomic E-state index is 5.18. The first-order chi connectivity index (χ1) is 20.7. The molecule has 0 N–H and O–H groups in total. The van der Waals surface area contributed by atoms with Crippen LogP contribution in [0.2, 0.25) is 0 Å². The first-order valence-electron chi connectivity index (χ1n) is 14.6. The van der Waals surface area contributed by atoms with E-state index >= 15 is 0 Å². The van der Waals surface area contributed by atoms with Gasteiger partial charge < -0.3 is 0 Å². The summed E-state index contributed by atoms with van der Waals surface area (Å²) in [7, 11) is 0. The largest absolute Gasteiger partial charge is 0.278 e. The number of aromatic nitrogens is 3. The normalized spacial score (nSPS) is 15.0. The van der Waals surface area contributed by atoms with Gasteiger partial charge in [-0.2, -0.15) is 0 Å². The summed E-state index contributed by atoms with van der Waals surface area (Å²) < 4.78 is 2.24. The lowest BCUT2D eigenvalue weighted by molar-refractivity contribution is 0.749. The Morgan fingerprint density at radius 2 is 1.50 bits per heavy atom. The first kappa shape index (κ1) is 24.5. The van der Waals surface area contributed by atoms with E-state index in [2.05, 4.69) is 133 Å². The molecule has 0 amide bonds. The zero-order valence-corrected chi connectivity index (χ0v) is 23.4. The molecule has 3 heteroatoms. The molecule has 200 valence electrons. The van der Waals surface area contributed by atoms with Crippen LogP contribution in [0.5, 0.6) is 0 Å². The van der Waals surface area contributed by atoms with Gasteiger partial charge in [0.2, 0.25) is 5.95 Å². The van der Waals surface area contributed by atoms with Crippen LogP contribution in [-0.4, -0.2) is 14.5 Å². The molecule has 0 aliphatic heterocycles. The molecule has 1 atom stereocenters. The van der Waals surface area contributed by atoms with Gasteiger partial charge in [0.25, 0.3) is 0 Å². The van der Waals surface area contributed by atoms with E-state index in [1.807, 2.05) is 18.3 Å². The van der Waals surface area contributed by atoms with E-state index in [4.69, 9.17) is 9.97 Å². The monoisotopic (exact) mass is 539 g/mol. The van der Waals surface area contributed by atoms with Gasteiger partial charge in [0.1, 0.15) is 0 Å². The number of benzene rings is 5. The quantitative estimate of drug-likeness (QED) is 0.223. The van der Waals surface area contributed by atoms with E-state index in [9.17, 15) is 0 Å². The Kier molecular flexibility index (Phi) is 5.82. The smallest absolute Gasteiger partial charge is 0.235 e. The molecule has 7 aromatic rings. The summed E-state index contributed by atoms with van der Waals surface area (Å²) in [4.78, 5) is 10.0. The molecule has 0 radical (unpaired) electrons. The molecule has 1 aliphatic rings. The van der Waals surface area contributed by atoms with E-state index in [-0.39, 0.29) is 0 Å². The Bertz CT molecular complexity index is 2180. The number of rotatable bonds is 4. The summed E-state index contributed by atoms with van der Waals surface area (Å²) in [5.41, 5.74) is 9.18. The molecule has 0 saturated heterocycles. The average Bonchev–Trinajstić information content (AvgIpc) is 3.39. The fourth-order valence-corrected chi connectivity index (χ4v) is 6.37. The van der Waals surface area contributed by atoms with Crippen LogP contribution in [0.4, 0.5) is 0 Å². The summed E-state index contributed by atoms with van der Waals surface area (Å²) >= 11 is 0. The summed E-state index contributed by atoms with van der Waals surface area (Å²) in [5.74, 6) is 1.21. The van der Waals surface area contributed by atoms with Crippen LogP contribution in [0.15, 0.2) is 140 Å². The summed E-state index contributed by atoms with van der Waals surface area (Å²) in [6.45, 7) is 2.28. The van der Waals surface area contributed by atoms with Crippen LogP contribution in [0.1, 0.15) is 18.9 Å². The topological polar surface area (TPSA) is 30.7 Å². The second kappa shape index (κ2) is 9.97. The Morgan fingerprint density at radius 3 is 2.40 bits per heavy atom. The number of hydrogen-bond donors (Lipinski definition) is 0. The fraction of sp³-hybridized carbons (Fsp3) is 0.0769. The van der Waals surface area contributed by atoms with E-state index in [1.54, 1.807) is 0 Å². The Morgan fingerprint density at radius 1 is 0.667 bits per heavy atom. The van der Waals surface area contributed by atoms with Crippen molar-refractivity contribution in [3.63, 3.8) is 0 Å². The summed E-state index contributed by atoms with van der Waals surface area (Å²) in [6, 6.07) is 41.0. The summed E-state index contributed by atoms with van der Waals surface area (Å²) in [6.07, 6.45) is 9.63. The molecule has 1 unspecified atom stereocenters. The minimum atomic E-state index is 0.530. The molecule has 8 rings (SSSR count). The second-order valence-electron chi connectivity index (χ2n) is 11.2. The maximum absolute atomic E-state index is 5.18. The van der Waals surface area contributed by atoms with Gasteiger partial charge >= 0.3 is 0 Å². The van der Waals surface area contributed by atoms with Gasteiger partial charge in [-0.1, -0.05) is 116 Å². The SMILES string of the molecule is CC1C=CC=C(c2ccc3c4c5ccccc5ccc4n(-c4nccc(-c5cccc(-c6ccccc6)c5)n4)c3c2)C1. The lowest BCUT2D eigenvalue weighted by Crippen LogP contribution is -2.02. The Hall–Kier alpha value is -5.28. The third kappa shape index (κ3) is 4.13. The first-order valence-corrected chi connectivity index (χ1v) is 14.6. The highest BCUT2D eigenvalue weighted by Gasteiger charge is 2.19. The van der Waals surface area contributed by atoms with Gasteiger partial charge in [-0.15, -0.1) is 0 Å². The lowest BCUT2D eigenvalue weighted by atomic mass is 9.90. The number of nitrogens with zero attached hydrogens (tertiary/aromatic N) is 3. The van der Waals surface area contributed by atoms with Crippen LogP contribution in [0, 0.1) is 5.92 Å². The highest BCUT2D eigenvalue weighted by Crippen LogP contribution is 2.38. The molecule has 0 saturated carbocycles. The van der Waals surface area contributed by atoms with Crippen LogP contribution < -0.4 is 0 Å². The van der Waals surface area contributed by atoms with Crippen molar-refractivity contribution in [2.24, 2.45) is 5.92 Å². The van der Waals surface area contributed by atoms with Gasteiger partial charge in [-0.3, -0.25) is 4.57 Å². The van der Waals surface area contributed by atoms with E-state index in [0.717, 1.165) is 28.7 Å². The van der Waals surface area contributed by atoms with Crippen molar-refractivity contribution in [3.8, 4) is 28.3 Å². The predicted molar refractivity (Wildman–Crippen MR) is 176 cm³/mol. The lowest BCUT2D eigenvalue weighted by Gasteiger charge is -2.15. The molecule has 3 nitrogen and oxygen atoms in total. The Labute approximate surface area is 245 Å². The van der Waals surface area contributed by atoms with Crippen molar-refractivity contribution < 1.29 is 0 Å².